The number of alkyl halides is 1. The first kappa shape index (κ1) is 21.1. The predicted octanol–water partition coefficient (Wildman–Crippen LogP) is 4.69. The van der Waals surface area contributed by atoms with Gasteiger partial charge >= 0.3 is 6.09 Å². The molecule has 160 valence electrons. The fourth-order valence-electron chi connectivity index (χ4n) is 3.46. The number of fused-ring (bicyclic) bond motifs is 1. The van der Waals surface area contributed by atoms with Gasteiger partial charge in [0.05, 0.1) is 9.99 Å². The van der Waals surface area contributed by atoms with Gasteiger partial charge in [0.15, 0.2) is 5.67 Å². The largest absolute Gasteiger partial charge is 0.444 e. The topological polar surface area (TPSA) is 60.2 Å². The van der Waals surface area contributed by atoms with Gasteiger partial charge in [-0.05, 0) is 67.6 Å². The lowest BCUT2D eigenvalue weighted by molar-refractivity contribution is 0.0117. The van der Waals surface area contributed by atoms with E-state index in [0.717, 1.165) is 22.1 Å². The quantitative estimate of drug-likeness (QED) is 0.589. The first-order chi connectivity index (χ1) is 14.1. The Balaban J connectivity index is 1.45. The van der Waals surface area contributed by atoms with Crippen LogP contribution in [0, 0.1) is 17.8 Å². The summed E-state index contributed by atoms with van der Waals surface area (Å²) in [5.41, 5.74) is 0.200. The summed E-state index contributed by atoms with van der Waals surface area (Å²) in [6.07, 6.45) is 2.42. The standard InChI is InChI=1S/C22H26BrFN4O2/c1-21(2,3)30-20(29)27-12-10-22(24,11-13-27)9-8-16-6-7-17-19(18(16)23)25-26-28(17)14-15-4-5-15/h6-7,15H,4-5,10-14H2,1-3H3. The third kappa shape index (κ3) is 4.77. The number of nitrogens with zero attached hydrogens (tertiary/aromatic N) is 4. The molecule has 2 aromatic rings. The first-order valence-electron chi connectivity index (χ1n) is 10.4. The van der Waals surface area contributed by atoms with Crippen LogP contribution < -0.4 is 0 Å². The zero-order valence-corrected chi connectivity index (χ0v) is 19.1. The van der Waals surface area contributed by atoms with Gasteiger partial charge in [-0.15, -0.1) is 5.10 Å². The number of amides is 1. The molecule has 0 spiro atoms. The van der Waals surface area contributed by atoms with Gasteiger partial charge < -0.3 is 9.64 Å². The maximum absolute atomic E-state index is 15.2. The number of rotatable bonds is 2. The summed E-state index contributed by atoms with van der Waals surface area (Å²) >= 11 is 3.57. The molecule has 1 amide bonds. The highest BCUT2D eigenvalue weighted by Crippen LogP contribution is 2.33. The van der Waals surface area contributed by atoms with Gasteiger partial charge in [0.1, 0.15) is 11.1 Å². The predicted molar refractivity (Wildman–Crippen MR) is 116 cm³/mol. The number of aromatic nitrogens is 3. The molecule has 1 aromatic heterocycles. The van der Waals surface area contributed by atoms with Crippen molar-refractivity contribution in [3.63, 3.8) is 0 Å². The zero-order chi connectivity index (χ0) is 21.5. The molecule has 1 aromatic carbocycles. The Bertz CT molecular complexity index is 1020. The zero-order valence-electron chi connectivity index (χ0n) is 17.5. The van der Waals surface area contributed by atoms with E-state index in [4.69, 9.17) is 4.74 Å². The molecular formula is C22H26BrFN4O2. The Morgan fingerprint density at radius 1 is 1.33 bits per heavy atom. The van der Waals surface area contributed by atoms with E-state index in [-0.39, 0.29) is 25.9 Å². The minimum absolute atomic E-state index is 0.163. The lowest BCUT2D eigenvalue weighted by atomic mass is 9.94. The minimum atomic E-state index is -1.63. The molecule has 0 unspecified atom stereocenters. The van der Waals surface area contributed by atoms with Gasteiger partial charge in [0.2, 0.25) is 0 Å². The summed E-state index contributed by atoms with van der Waals surface area (Å²) in [6, 6.07) is 3.83. The first-order valence-corrected chi connectivity index (χ1v) is 11.1. The van der Waals surface area contributed by atoms with E-state index in [1.807, 2.05) is 37.6 Å². The molecule has 1 saturated heterocycles. The second kappa shape index (κ2) is 7.84. The summed E-state index contributed by atoms with van der Waals surface area (Å²) in [6.45, 7) is 6.91. The van der Waals surface area contributed by atoms with Crippen LogP contribution in [0.4, 0.5) is 9.18 Å². The number of piperidine rings is 1. The molecule has 0 radical (unpaired) electrons. The van der Waals surface area contributed by atoms with Crippen molar-refractivity contribution in [3.05, 3.63) is 22.2 Å². The molecule has 1 saturated carbocycles. The number of hydrogen-bond donors (Lipinski definition) is 0. The average Bonchev–Trinajstić information content (AvgIpc) is 3.39. The molecule has 0 N–H and O–H groups in total. The molecule has 1 aliphatic heterocycles. The Morgan fingerprint density at radius 3 is 2.67 bits per heavy atom. The molecule has 4 rings (SSSR count). The van der Waals surface area contributed by atoms with Crippen LogP contribution in [0.2, 0.25) is 0 Å². The molecule has 0 bridgehead atoms. The molecule has 6 nitrogen and oxygen atoms in total. The number of halogens is 2. The van der Waals surface area contributed by atoms with Crippen LogP contribution in [0.25, 0.3) is 11.0 Å². The van der Waals surface area contributed by atoms with Crippen molar-refractivity contribution in [2.45, 2.75) is 64.3 Å². The monoisotopic (exact) mass is 476 g/mol. The SMILES string of the molecule is CC(C)(C)OC(=O)N1CCC(F)(C#Cc2ccc3c(nnn3CC3CC3)c2Br)CC1. The van der Waals surface area contributed by atoms with E-state index in [1.165, 1.54) is 12.8 Å². The smallest absolute Gasteiger partial charge is 0.410 e. The van der Waals surface area contributed by atoms with E-state index in [9.17, 15) is 4.79 Å². The molecule has 1 aliphatic carbocycles. The van der Waals surface area contributed by atoms with Gasteiger partial charge in [-0.3, -0.25) is 0 Å². The Labute approximate surface area is 184 Å². The molecule has 2 aliphatic rings. The Morgan fingerprint density at radius 2 is 2.03 bits per heavy atom. The van der Waals surface area contributed by atoms with Crippen LogP contribution in [0.3, 0.4) is 0 Å². The van der Waals surface area contributed by atoms with Crippen molar-refractivity contribution < 1.29 is 13.9 Å². The van der Waals surface area contributed by atoms with Gasteiger partial charge in [-0.1, -0.05) is 17.1 Å². The van der Waals surface area contributed by atoms with E-state index in [1.54, 1.807) is 4.90 Å². The van der Waals surface area contributed by atoms with Gasteiger partial charge in [0, 0.05) is 38.0 Å². The van der Waals surface area contributed by atoms with Gasteiger partial charge in [-0.2, -0.15) is 0 Å². The summed E-state index contributed by atoms with van der Waals surface area (Å²) in [5.74, 6) is 6.47. The maximum atomic E-state index is 15.2. The molecule has 8 heteroatoms. The maximum Gasteiger partial charge on any atom is 0.410 e. The second-order valence-corrected chi connectivity index (χ2v) is 9.99. The minimum Gasteiger partial charge on any atom is -0.444 e. The highest BCUT2D eigenvalue weighted by Gasteiger charge is 2.36. The van der Waals surface area contributed by atoms with Crippen LogP contribution in [-0.4, -0.2) is 50.3 Å². The summed E-state index contributed by atoms with van der Waals surface area (Å²) in [5, 5.41) is 8.53. The lowest BCUT2D eigenvalue weighted by Crippen LogP contribution is -2.45. The number of carbonyl (C=O) groups is 1. The van der Waals surface area contributed by atoms with Gasteiger partial charge in [0.25, 0.3) is 0 Å². The third-order valence-electron chi connectivity index (χ3n) is 5.38. The van der Waals surface area contributed by atoms with Crippen LogP contribution >= 0.6 is 15.9 Å². The Hall–Kier alpha value is -2.14. The molecule has 0 atom stereocenters. The fourth-order valence-corrected chi connectivity index (χ4v) is 3.97. The van der Waals surface area contributed by atoms with Crippen LogP contribution in [-0.2, 0) is 11.3 Å². The van der Waals surface area contributed by atoms with Crippen molar-refractivity contribution in [2.75, 3.05) is 13.1 Å². The third-order valence-corrected chi connectivity index (χ3v) is 6.19. The highest BCUT2D eigenvalue weighted by molar-refractivity contribution is 9.10. The molecule has 2 fully saturated rings. The molecular weight excluding hydrogens is 451 g/mol. The average molecular weight is 477 g/mol. The van der Waals surface area contributed by atoms with Crippen molar-refractivity contribution in [2.24, 2.45) is 5.92 Å². The van der Waals surface area contributed by atoms with Crippen molar-refractivity contribution in [1.82, 2.24) is 19.9 Å². The number of benzene rings is 1. The molecule has 2 heterocycles. The van der Waals surface area contributed by atoms with Crippen LogP contribution in [0.15, 0.2) is 16.6 Å². The lowest BCUT2D eigenvalue weighted by Gasteiger charge is -2.34. The summed E-state index contributed by atoms with van der Waals surface area (Å²) in [7, 11) is 0. The summed E-state index contributed by atoms with van der Waals surface area (Å²) < 4.78 is 23.3. The normalized spacial score (nSPS) is 18.8. The fraction of sp³-hybridized carbons (Fsp3) is 0.591. The van der Waals surface area contributed by atoms with Crippen LogP contribution in [0.5, 0.6) is 0 Å². The summed E-state index contributed by atoms with van der Waals surface area (Å²) in [4.78, 5) is 13.7. The van der Waals surface area contributed by atoms with E-state index in [0.29, 0.717) is 11.5 Å². The number of ether oxygens (including phenoxy) is 1. The Kier molecular flexibility index (Phi) is 5.52. The molecule has 30 heavy (non-hydrogen) atoms. The van der Waals surface area contributed by atoms with Crippen molar-refractivity contribution in [1.29, 1.82) is 0 Å². The highest BCUT2D eigenvalue weighted by atomic mass is 79.9. The number of likely N-dealkylation sites (tertiary alicyclic amines) is 1. The van der Waals surface area contributed by atoms with E-state index in [2.05, 4.69) is 38.1 Å². The van der Waals surface area contributed by atoms with E-state index >= 15 is 4.39 Å². The van der Waals surface area contributed by atoms with E-state index < -0.39 is 17.4 Å². The number of hydrogen-bond acceptors (Lipinski definition) is 4. The van der Waals surface area contributed by atoms with Crippen LogP contribution in [0.1, 0.15) is 52.0 Å². The second-order valence-electron chi connectivity index (χ2n) is 9.19. The van der Waals surface area contributed by atoms with Crippen molar-refractivity contribution >= 4 is 33.1 Å². The van der Waals surface area contributed by atoms with Crippen molar-refractivity contribution in [3.8, 4) is 11.8 Å². The number of carbonyl (C=O) groups excluding carboxylic acids is 1. The van der Waals surface area contributed by atoms with Gasteiger partial charge in [-0.25, -0.2) is 13.9 Å².